The molecule has 0 spiro atoms. The molecule has 0 amide bonds. The van der Waals surface area contributed by atoms with Gasteiger partial charge in [-0.05, 0) is 83.1 Å². The lowest BCUT2D eigenvalue weighted by Crippen LogP contribution is -2.30. The molecule has 14 heteroatoms. The van der Waals surface area contributed by atoms with E-state index in [0.29, 0.717) is 99.5 Å². The first-order valence-electron chi connectivity index (χ1n) is 21.8. The number of carbonyl (C=O) groups excluding carboxylic acids is 6. The van der Waals surface area contributed by atoms with Crippen LogP contribution in [0.1, 0.15) is 84.0 Å². The lowest BCUT2D eigenvalue weighted by molar-refractivity contribution is -0.152. The third kappa shape index (κ3) is 13.3. The quantitative estimate of drug-likeness (QED) is 0.0288. The minimum absolute atomic E-state index is 0.0313. The summed E-state index contributed by atoms with van der Waals surface area (Å²) in [5.41, 5.74) is 2.67. The van der Waals surface area contributed by atoms with E-state index in [1.165, 1.54) is 6.92 Å². The second-order valence-electron chi connectivity index (χ2n) is 15.8. The number of aromatic nitrogens is 2. The monoisotopic (exact) mass is 862 g/mol. The van der Waals surface area contributed by atoms with Crippen molar-refractivity contribution in [1.29, 1.82) is 0 Å². The Hall–Kier alpha value is -6.44. The molecule has 0 radical (unpaired) electrons. The van der Waals surface area contributed by atoms with E-state index in [1.54, 1.807) is 12.1 Å². The van der Waals surface area contributed by atoms with Crippen LogP contribution in [0.4, 0.5) is 0 Å². The molecule has 2 saturated carbocycles. The Kier molecular flexibility index (Phi) is 16.9. The van der Waals surface area contributed by atoms with E-state index in [9.17, 15) is 28.8 Å². The van der Waals surface area contributed by atoms with Crippen LogP contribution in [0.5, 0.6) is 11.5 Å². The molecule has 6 rings (SSSR count). The fourth-order valence-electron chi connectivity index (χ4n) is 7.78. The Labute approximate surface area is 366 Å². The van der Waals surface area contributed by atoms with Crippen molar-refractivity contribution in [2.24, 2.45) is 23.7 Å². The van der Waals surface area contributed by atoms with Crippen LogP contribution in [-0.4, -0.2) is 72.2 Å². The fraction of sp³-hybridized carbons (Fsp3) is 0.429. The maximum atomic E-state index is 13.9. The molecule has 2 fully saturated rings. The van der Waals surface area contributed by atoms with Crippen LogP contribution in [0.15, 0.2) is 85.5 Å². The number of nitrogens with zero attached hydrogens (tertiary/aromatic N) is 2. The molecule has 0 N–H and O–H groups in total. The molecule has 0 unspecified atom stereocenters. The van der Waals surface area contributed by atoms with Gasteiger partial charge in [-0.2, -0.15) is 0 Å². The summed E-state index contributed by atoms with van der Waals surface area (Å²) in [6.45, 7) is 5.61. The molecule has 0 saturated heterocycles. The van der Waals surface area contributed by atoms with Crippen LogP contribution < -0.4 is 9.47 Å². The Morgan fingerprint density at radius 2 is 0.984 bits per heavy atom. The van der Waals surface area contributed by atoms with E-state index >= 15 is 0 Å². The van der Waals surface area contributed by atoms with Crippen LogP contribution in [0, 0.1) is 23.7 Å². The first-order chi connectivity index (χ1) is 30.6. The summed E-state index contributed by atoms with van der Waals surface area (Å²) >= 11 is 0. The molecule has 0 aliphatic heterocycles. The van der Waals surface area contributed by atoms with Crippen LogP contribution in [0.2, 0.25) is 0 Å². The largest absolute Gasteiger partial charge is 0.466 e. The van der Waals surface area contributed by atoms with E-state index in [-0.39, 0.29) is 67.7 Å². The highest BCUT2D eigenvalue weighted by Gasteiger charge is 2.35. The summed E-state index contributed by atoms with van der Waals surface area (Å²) in [4.78, 5) is 85.4. The van der Waals surface area contributed by atoms with E-state index in [4.69, 9.17) is 38.4 Å². The van der Waals surface area contributed by atoms with Crippen molar-refractivity contribution in [3.8, 4) is 34.1 Å². The first kappa shape index (κ1) is 46.1. The number of ether oxygens (including phenoxy) is 6. The standard InChI is InChI=1S/C49H54N2O12/c1-3-43(53)59-27-11-13-29-61-47(55)36-20-24-38(25-21-36)49(57)63-42-31-40-39(44(33-14-6-4-7-15-33)51-45(50-40)34-16-8-5-9-17-34)30-41(42)62-48(56)37-22-18-35(19-23-37)46(54)60-28-12-10-26-58-32(2)52/h3-9,14-17,30-31,35-38H,1,10-13,18-29H2,2H3. The summed E-state index contributed by atoms with van der Waals surface area (Å²) in [5, 5.41) is 0.583. The van der Waals surface area contributed by atoms with Gasteiger partial charge in [0, 0.05) is 35.6 Å². The second-order valence-corrected chi connectivity index (χ2v) is 15.8. The summed E-state index contributed by atoms with van der Waals surface area (Å²) in [5.74, 6) is -3.70. The summed E-state index contributed by atoms with van der Waals surface area (Å²) in [6.07, 6.45) is 6.73. The highest BCUT2D eigenvalue weighted by atomic mass is 16.6. The molecule has 0 atom stereocenters. The first-order valence-corrected chi connectivity index (χ1v) is 21.8. The number of hydrogen-bond donors (Lipinski definition) is 0. The normalized spacial score (nSPS) is 18.4. The van der Waals surface area contributed by atoms with Gasteiger partial charge in [-0.3, -0.25) is 24.0 Å². The number of rotatable bonds is 19. The van der Waals surface area contributed by atoms with Crippen LogP contribution in [0.25, 0.3) is 33.5 Å². The number of fused-ring (bicyclic) bond motifs is 1. The Morgan fingerprint density at radius 1 is 0.556 bits per heavy atom. The average Bonchev–Trinajstić information content (AvgIpc) is 3.31. The van der Waals surface area contributed by atoms with Gasteiger partial charge in [-0.15, -0.1) is 0 Å². The predicted octanol–water partition coefficient (Wildman–Crippen LogP) is 8.33. The molecule has 0 bridgehead atoms. The van der Waals surface area contributed by atoms with Crippen molar-refractivity contribution in [2.75, 3.05) is 26.4 Å². The molecule has 63 heavy (non-hydrogen) atoms. The van der Waals surface area contributed by atoms with Crippen LogP contribution in [0.3, 0.4) is 0 Å². The Morgan fingerprint density at radius 3 is 1.46 bits per heavy atom. The third-order valence-corrected chi connectivity index (χ3v) is 11.3. The van der Waals surface area contributed by atoms with Gasteiger partial charge in [0.05, 0.1) is 61.3 Å². The fourth-order valence-corrected chi connectivity index (χ4v) is 7.78. The number of carbonyl (C=O) groups is 6. The summed E-state index contributed by atoms with van der Waals surface area (Å²) < 4.78 is 33.0. The molecular weight excluding hydrogens is 809 g/mol. The SMILES string of the molecule is C=CC(=O)OCCCCOC(=O)C1CCC(C(=O)Oc2cc3nc(-c4ccccc4)nc(-c4ccccc4)c3cc2OC(=O)C2CCC(C(=O)OCCCCOC(C)=O)CC2)CC1. The van der Waals surface area contributed by atoms with Gasteiger partial charge in [0.2, 0.25) is 0 Å². The van der Waals surface area contributed by atoms with Crippen molar-refractivity contribution >= 4 is 46.7 Å². The van der Waals surface area contributed by atoms with Gasteiger partial charge in [0.1, 0.15) is 0 Å². The van der Waals surface area contributed by atoms with Crippen molar-refractivity contribution in [3.05, 3.63) is 85.5 Å². The topological polar surface area (TPSA) is 184 Å². The van der Waals surface area contributed by atoms with E-state index in [1.807, 2.05) is 60.7 Å². The van der Waals surface area contributed by atoms with Gasteiger partial charge in [0.15, 0.2) is 17.3 Å². The molecule has 3 aromatic carbocycles. The number of benzene rings is 3. The van der Waals surface area contributed by atoms with Crippen LogP contribution in [-0.2, 0) is 47.7 Å². The van der Waals surface area contributed by atoms with Gasteiger partial charge in [-0.25, -0.2) is 14.8 Å². The molecule has 332 valence electrons. The molecule has 1 aromatic heterocycles. The molecule has 2 aliphatic carbocycles. The third-order valence-electron chi connectivity index (χ3n) is 11.3. The number of hydrogen-bond acceptors (Lipinski definition) is 14. The van der Waals surface area contributed by atoms with Gasteiger partial charge in [0.25, 0.3) is 0 Å². The van der Waals surface area contributed by atoms with Gasteiger partial charge in [-0.1, -0.05) is 67.2 Å². The minimum atomic E-state index is -0.515. The Balaban J connectivity index is 1.16. The lowest BCUT2D eigenvalue weighted by Gasteiger charge is -2.27. The highest BCUT2D eigenvalue weighted by molar-refractivity contribution is 5.97. The average molecular weight is 863 g/mol. The van der Waals surface area contributed by atoms with Crippen molar-refractivity contribution in [1.82, 2.24) is 9.97 Å². The Bertz CT molecular complexity index is 2230. The van der Waals surface area contributed by atoms with Gasteiger partial charge < -0.3 is 28.4 Å². The van der Waals surface area contributed by atoms with Gasteiger partial charge >= 0.3 is 35.8 Å². The maximum Gasteiger partial charge on any atom is 0.330 e. The molecule has 2 aliphatic rings. The zero-order chi connectivity index (χ0) is 44.6. The smallest absolute Gasteiger partial charge is 0.330 e. The molecule has 14 nitrogen and oxygen atoms in total. The summed E-state index contributed by atoms with van der Waals surface area (Å²) in [6, 6.07) is 22.3. The highest BCUT2D eigenvalue weighted by Crippen LogP contribution is 2.40. The van der Waals surface area contributed by atoms with Crippen LogP contribution >= 0.6 is 0 Å². The predicted molar refractivity (Wildman–Crippen MR) is 231 cm³/mol. The maximum absolute atomic E-state index is 13.9. The zero-order valence-electron chi connectivity index (χ0n) is 35.6. The van der Waals surface area contributed by atoms with Crippen molar-refractivity contribution < 1.29 is 57.2 Å². The molecule has 4 aromatic rings. The molecular formula is C49H54N2O12. The minimum Gasteiger partial charge on any atom is -0.466 e. The zero-order valence-corrected chi connectivity index (χ0v) is 35.6. The van der Waals surface area contributed by atoms with Crippen molar-refractivity contribution in [3.63, 3.8) is 0 Å². The van der Waals surface area contributed by atoms with E-state index in [2.05, 4.69) is 6.58 Å². The lowest BCUT2D eigenvalue weighted by atomic mass is 9.82. The molecule has 1 heterocycles. The van der Waals surface area contributed by atoms with Crippen molar-refractivity contribution in [2.45, 2.75) is 84.0 Å². The number of esters is 6. The second kappa shape index (κ2) is 23.1. The number of unbranched alkanes of at least 4 members (excludes halogenated alkanes) is 2. The van der Waals surface area contributed by atoms with E-state index in [0.717, 1.165) is 17.2 Å². The summed E-state index contributed by atoms with van der Waals surface area (Å²) in [7, 11) is 0. The van der Waals surface area contributed by atoms with E-state index < -0.39 is 29.7 Å².